The summed E-state index contributed by atoms with van der Waals surface area (Å²) in [5, 5.41) is 0. The average Bonchev–Trinajstić information content (AvgIpc) is 2.58. The van der Waals surface area contributed by atoms with E-state index in [4.69, 9.17) is 8.92 Å². The van der Waals surface area contributed by atoms with E-state index in [-0.39, 0.29) is 5.97 Å². The quantitative estimate of drug-likeness (QED) is 0.514. The Bertz CT molecular complexity index is 367. The van der Waals surface area contributed by atoms with Crippen LogP contribution in [0.3, 0.4) is 0 Å². The van der Waals surface area contributed by atoms with Gasteiger partial charge < -0.3 is 4.74 Å². The predicted octanol–water partition coefficient (Wildman–Crippen LogP) is -0.0115. The third kappa shape index (κ3) is 4.25. The summed E-state index contributed by atoms with van der Waals surface area (Å²) in [6.07, 6.45) is 0.917. The van der Waals surface area contributed by atoms with Gasteiger partial charge in [0.05, 0.1) is 19.0 Å². The van der Waals surface area contributed by atoms with Crippen molar-refractivity contribution in [3.05, 3.63) is 0 Å². The van der Waals surface area contributed by atoms with E-state index in [2.05, 4.69) is 0 Å². The molecule has 1 aliphatic rings. The highest BCUT2D eigenvalue weighted by Crippen LogP contribution is 2.22. The minimum Gasteiger partial charge on any atom is -0.465 e. The Balaban J connectivity index is 2.65. The number of carbonyl (C=O) groups excluding carboxylic acids is 1. The lowest BCUT2D eigenvalue weighted by atomic mass is 10.2. The zero-order valence-electron chi connectivity index (χ0n) is 10.4. The highest BCUT2D eigenvalue weighted by atomic mass is 32.2. The summed E-state index contributed by atoms with van der Waals surface area (Å²) < 4.78 is 31.9. The maximum atomic E-state index is 11.7. The Labute approximate surface area is 102 Å². The van der Waals surface area contributed by atoms with Crippen LogP contribution in [0.4, 0.5) is 0 Å². The van der Waals surface area contributed by atoms with Crippen LogP contribution >= 0.6 is 0 Å². The summed E-state index contributed by atoms with van der Waals surface area (Å²) in [6, 6.07) is -0.397. The van der Waals surface area contributed by atoms with Crippen molar-refractivity contribution in [2.75, 3.05) is 26.0 Å². The second-order valence-electron chi connectivity index (χ2n) is 4.01. The molecule has 0 aromatic carbocycles. The summed E-state index contributed by atoms with van der Waals surface area (Å²) in [6.45, 7) is 5.08. The Hall–Kier alpha value is -0.660. The van der Waals surface area contributed by atoms with Gasteiger partial charge in [0, 0.05) is 13.0 Å². The van der Waals surface area contributed by atoms with Gasteiger partial charge in [-0.25, -0.2) is 0 Å². The van der Waals surface area contributed by atoms with Crippen LogP contribution in [0.25, 0.3) is 0 Å². The Morgan fingerprint density at radius 3 is 2.53 bits per heavy atom. The van der Waals surface area contributed by atoms with Crippen LogP contribution < -0.4 is 0 Å². The molecule has 0 saturated carbocycles. The lowest BCUT2D eigenvalue weighted by molar-refractivity contribution is -0.148. The van der Waals surface area contributed by atoms with E-state index in [0.717, 1.165) is 6.26 Å². The summed E-state index contributed by atoms with van der Waals surface area (Å²) in [5.41, 5.74) is 0. The molecule has 1 fully saturated rings. The first kappa shape index (κ1) is 14.4. The van der Waals surface area contributed by atoms with Crippen molar-refractivity contribution in [1.82, 2.24) is 4.90 Å². The average molecular weight is 265 g/mol. The van der Waals surface area contributed by atoms with E-state index in [1.165, 1.54) is 0 Å². The monoisotopic (exact) mass is 265 g/mol. The molecule has 7 heteroatoms. The van der Waals surface area contributed by atoms with Crippen molar-refractivity contribution in [3.8, 4) is 0 Å². The molecular formula is C10H19NO5S. The molecule has 0 unspecified atom stereocenters. The number of rotatable bonds is 5. The number of likely N-dealkylation sites (N-methyl/N-ethyl adjacent to an activating group) is 1. The van der Waals surface area contributed by atoms with Gasteiger partial charge in [-0.3, -0.25) is 13.9 Å². The fraction of sp³-hybridized carbons (Fsp3) is 0.900. The molecule has 1 rings (SSSR count). The molecule has 0 aromatic heterocycles. The van der Waals surface area contributed by atoms with Gasteiger partial charge in [-0.1, -0.05) is 6.92 Å². The first-order valence-electron chi connectivity index (χ1n) is 5.66. The van der Waals surface area contributed by atoms with Crippen molar-refractivity contribution < 1.29 is 22.1 Å². The Morgan fingerprint density at radius 1 is 1.41 bits per heavy atom. The smallest absolute Gasteiger partial charge is 0.323 e. The van der Waals surface area contributed by atoms with Gasteiger partial charge in [-0.15, -0.1) is 0 Å². The van der Waals surface area contributed by atoms with E-state index in [1.54, 1.807) is 6.92 Å². The molecule has 1 heterocycles. The van der Waals surface area contributed by atoms with Crippen LogP contribution in [0.15, 0.2) is 0 Å². The predicted molar refractivity (Wildman–Crippen MR) is 62.0 cm³/mol. The molecular weight excluding hydrogens is 246 g/mol. The third-order valence-corrected chi connectivity index (χ3v) is 3.26. The molecule has 0 N–H and O–H groups in total. The lowest BCUT2D eigenvalue weighted by Crippen LogP contribution is -2.37. The highest BCUT2D eigenvalue weighted by Gasteiger charge is 2.38. The molecule has 0 aromatic rings. The van der Waals surface area contributed by atoms with E-state index in [0.29, 0.717) is 26.1 Å². The number of hydrogen-bond acceptors (Lipinski definition) is 6. The van der Waals surface area contributed by atoms with E-state index in [1.807, 2.05) is 11.8 Å². The molecule has 2 atom stereocenters. The second kappa shape index (κ2) is 5.79. The Morgan fingerprint density at radius 2 is 2.06 bits per heavy atom. The van der Waals surface area contributed by atoms with Gasteiger partial charge in [-0.2, -0.15) is 8.42 Å². The van der Waals surface area contributed by atoms with Crippen molar-refractivity contribution in [3.63, 3.8) is 0 Å². The van der Waals surface area contributed by atoms with Crippen molar-refractivity contribution in [2.24, 2.45) is 0 Å². The highest BCUT2D eigenvalue weighted by molar-refractivity contribution is 7.86. The van der Waals surface area contributed by atoms with Crippen molar-refractivity contribution in [2.45, 2.75) is 32.4 Å². The molecule has 0 aliphatic carbocycles. The fourth-order valence-corrected chi connectivity index (χ4v) is 2.65. The maximum Gasteiger partial charge on any atom is 0.323 e. The van der Waals surface area contributed by atoms with Crippen molar-refractivity contribution >= 4 is 16.1 Å². The first-order chi connectivity index (χ1) is 7.87. The number of likely N-dealkylation sites (tertiary alicyclic amines) is 1. The van der Waals surface area contributed by atoms with Crippen molar-refractivity contribution in [1.29, 1.82) is 0 Å². The SMILES string of the molecule is CCOC(=O)[C@H]1C[C@@H](OS(C)(=O)=O)CN1CC. The van der Waals surface area contributed by atoms with Crippen LogP contribution in [0.2, 0.25) is 0 Å². The molecule has 6 nitrogen and oxygen atoms in total. The minimum absolute atomic E-state index is 0.311. The Kier molecular flexibility index (Phi) is 4.91. The maximum absolute atomic E-state index is 11.7. The molecule has 17 heavy (non-hydrogen) atoms. The van der Waals surface area contributed by atoms with Gasteiger partial charge in [0.1, 0.15) is 6.04 Å². The van der Waals surface area contributed by atoms with Crippen LogP contribution in [0.1, 0.15) is 20.3 Å². The number of nitrogens with zero attached hydrogens (tertiary/aromatic N) is 1. The van der Waals surface area contributed by atoms with Gasteiger partial charge in [0.2, 0.25) is 0 Å². The van der Waals surface area contributed by atoms with E-state index in [9.17, 15) is 13.2 Å². The van der Waals surface area contributed by atoms with E-state index >= 15 is 0 Å². The van der Waals surface area contributed by atoms with Gasteiger partial charge in [-0.05, 0) is 13.5 Å². The summed E-state index contributed by atoms with van der Waals surface area (Å²) >= 11 is 0. The molecule has 100 valence electrons. The van der Waals surface area contributed by atoms with Crippen LogP contribution in [-0.4, -0.2) is 57.4 Å². The normalized spacial score (nSPS) is 26.1. The largest absolute Gasteiger partial charge is 0.465 e. The topological polar surface area (TPSA) is 72.9 Å². The molecule has 0 spiro atoms. The number of ether oxygens (including phenoxy) is 1. The lowest BCUT2D eigenvalue weighted by Gasteiger charge is -2.20. The minimum atomic E-state index is -3.48. The number of hydrogen-bond donors (Lipinski definition) is 0. The zero-order chi connectivity index (χ0) is 13.1. The number of carbonyl (C=O) groups is 1. The standard InChI is InChI=1S/C10H19NO5S/c1-4-11-7-8(16-17(3,13)14)6-9(11)10(12)15-5-2/h8-9H,4-7H2,1-3H3/t8-,9-/m1/s1. The number of esters is 1. The molecule has 1 aliphatic heterocycles. The van der Waals surface area contributed by atoms with Gasteiger partial charge >= 0.3 is 5.97 Å². The summed E-state index contributed by atoms with van der Waals surface area (Å²) in [5.74, 6) is -0.311. The van der Waals surface area contributed by atoms with Gasteiger partial charge in [0.25, 0.3) is 10.1 Å². The molecule has 1 saturated heterocycles. The van der Waals surface area contributed by atoms with Crippen LogP contribution in [0, 0.1) is 0 Å². The molecule has 0 radical (unpaired) electrons. The third-order valence-electron chi connectivity index (χ3n) is 2.64. The second-order valence-corrected chi connectivity index (χ2v) is 5.61. The molecule has 0 bridgehead atoms. The summed E-state index contributed by atoms with van der Waals surface area (Å²) in [4.78, 5) is 13.5. The first-order valence-corrected chi connectivity index (χ1v) is 7.48. The fourth-order valence-electron chi connectivity index (χ4n) is 2.01. The molecule has 0 amide bonds. The van der Waals surface area contributed by atoms with Crippen LogP contribution in [-0.2, 0) is 23.8 Å². The zero-order valence-corrected chi connectivity index (χ0v) is 11.2. The summed E-state index contributed by atoms with van der Waals surface area (Å²) in [7, 11) is -3.48. The van der Waals surface area contributed by atoms with Crippen LogP contribution in [0.5, 0.6) is 0 Å². The van der Waals surface area contributed by atoms with E-state index < -0.39 is 22.3 Å². The van der Waals surface area contributed by atoms with Gasteiger partial charge in [0.15, 0.2) is 0 Å².